The molecule has 1 aromatic heterocycles. The van der Waals surface area contributed by atoms with Crippen LogP contribution < -0.4 is 4.72 Å². The van der Waals surface area contributed by atoms with Gasteiger partial charge in [0.1, 0.15) is 11.9 Å². The van der Waals surface area contributed by atoms with E-state index < -0.39 is 16.1 Å². The molecule has 0 saturated carbocycles. The molecule has 0 bridgehead atoms. The molecule has 5 rings (SSSR count). The topological polar surface area (TPSA) is 121 Å². The monoisotopic (exact) mass is 494 g/mol. The van der Waals surface area contributed by atoms with Crippen LogP contribution in [0.2, 0.25) is 0 Å². The van der Waals surface area contributed by atoms with Gasteiger partial charge in [-0.2, -0.15) is 4.98 Å². The van der Waals surface area contributed by atoms with Crippen LogP contribution in [-0.4, -0.2) is 72.3 Å². The number of aliphatic imine (C=N–C) groups is 1. The van der Waals surface area contributed by atoms with Crippen molar-refractivity contribution in [2.24, 2.45) is 4.99 Å². The molecule has 0 aliphatic carbocycles. The van der Waals surface area contributed by atoms with E-state index in [1.807, 2.05) is 31.2 Å². The lowest BCUT2D eigenvalue weighted by molar-refractivity contribution is -0.133. The number of carbonyl (C=O) groups excluding carboxylic acids is 1. The van der Waals surface area contributed by atoms with E-state index in [1.165, 1.54) is 11.6 Å². The first kappa shape index (κ1) is 23.2. The van der Waals surface area contributed by atoms with E-state index in [1.54, 1.807) is 30.0 Å². The predicted octanol–water partition coefficient (Wildman–Crippen LogP) is 1.82. The smallest absolute Gasteiger partial charge is 0.263 e. The number of rotatable bonds is 5. The Bertz CT molecular complexity index is 1380. The summed E-state index contributed by atoms with van der Waals surface area (Å²) in [6.45, 7) is 6.61. The quantitative estimate of drug-likeness (QED) is 0.574. The third-order valence-electron chi connectivity index (χ3n) is 6.16. The van der Waals surface area contributed by atoms with E-state index >= 15 is 0 Å². The fourth-order valence-electron chi connectivity index (χ4n) is 4.20. The molecule has 1 fully saturated rings. The molecule has 2 aliphatic heterocycles. The third kappa shape index (κ3) is 4.82. The van der Waals surface area contributed by atoms with Gasteiger partial charge in [0.05, 0.1) is 11.4 Å². The fraction of sp³-hybridized carbons (Fsp3) is 0.333. The first-order valence-corrected chi connectivity index (χ1v) is 12.9. The van der Waals surface area contributed by atoms with Crippen molar-refractivity contribution in [3.63, 3.8) is 0 Å². The number of carbonyl (C=O) groups is 1. The molecule has 0 unspecified atom stereocenters. The first-order valence-electron chi connectivity index (χ1n) is 11.4. The lowest BCUT2D eigenvalue weighted by Crippen LogP contribution is -2.50. The van der Waals surface area contributed by atoms with Gasteiger partial charge in [0.15, 0.2) is 0 Å². The Hall–Kier alpha value is -3.57. The van der Waals surface area contributed by atoms with Crippen molar-refractivity contribution in [1.29, 1.82) is 0 Å². The maximum absolute atomic E-state index is 13.0. The number of sulfonamides is 1. The fourth-order valence-corrected chi connectivity index (χ4v) is 5.44. The van der Waals surface area contributed by atoms with Crippen LogP contribution in [0.25, 0.3) is 11.4 Å². The molecule has 1 saturated heterocycles. The van der Waals surface area contributed by atoms with Gasteiger partial charge < -0.3 is 9.42 Å². The highest BCUT2D eigenvalue weighted by Crippen LogP contribution is 2.23. The lowest BCUT2D eigenvalue weighted by atomic mass is 10.1. The molecule has 182 valence electrons. The molecule has 35 heavy (non-hydrogen) atoms. The molecule has 0 spiro atoms. The van der Waals surface area contributed by atoms with Crippen LogP contribution in [0, 0.1) is 6.92 Å². The Kier molecular flexibility index (Phi) is 6.12. The zero-order valence-electron chi connectivity index (χ0n) is 19.5. The number of amides is 1. The van der Waals surface area contributed by atoms with Gasteiger partial charge in [0.25, 0.3) is 10.0 Å². The molecule has 11 heteroatoms. The molecule has 1 amide bonds. The summed E-state index contributed by atoms with van der Waals surface area (Å²) < 4.78 is 32.5. The normalized spacial score (nSPS) is 19.4. The second-order valence-electron chi connectivity index (χ2n) is 8.73. The number of aromatic nitrogens is 2. The highest BCUT2D eigenvalue weighted by Gasteiger charge is 2.32. The summed E-state index contributed by atoms with van der Waals surface area (Å²) in [4.78, 5) is 26.0. The van der Waals surface area contributed by atoms with Crippen LogP contribution in [0.1, 0.15) is 23.9 Å². The second-order valence-corrected chi connectivity index (χ2v) is 10.4. The molecule has 1 atom stereocenters. The standard InChI is InChI=1S/C24H26N6O4S/c1-16-7-9-18(10-8-16)22-26-21(34-27-22)15-29-11-13-30(14-12-29)24(31)17(2)25-23-19-5-3-4-6-20(19)35(32,33)28-23/h3-10,17H,11-15H2,1-2H3,(H,25,28)/t17-/m0/s1. The average Bonchev–Trinajstić information content (AvgIpc) is 3.42. The highest BCUT2D eigenvalue weighted by molar-refractivity contribution is 7.90. The molecule has 3 heterocycles. The molecule has 2 aliphatic rings. The number of fused-ring (bicyclic) bond motifs is 1. The molecule has 2 aromatic carbocycles. The predicted molar refractivity (Wildman–Crippen MR) is 129 cm³/mol. The summed E-state index contributed by atoms with van der Waals surface area (Å²) in [5.74, 6) is 1.17. The molecule has 1 N–H and O–H groups in total. The minimum atomic E-state index is -3.64. The van der Waals surface area contributed by atoms with E-state index in [9.17, 15) is 13.2 Å². The number of aryl methyl sites for hydroxylation is 1. The maximum atomic E-state index is 13.0. The Morgan fingerprint density at radius 3 is 2.57 bits per heavy atom. The van der Waals surface area contributed by atoms with Crippen LogP contribution in [0.3, 0.4) is 0 Å². The van der Waals surface area contributed by atoms with Crippen LogP contribution in [0.15, 0.2) is 62.9 Å². The molecule has 3 aromatic rings. The van der Waals surface area contributed by atoms with E-state index in [4.69, 9.17) is 4.52 Å². The summed E-state index contributed by atoms with van der Waals surface area (Å²) in [5, 5.41) is 4.08. The van der Waals surface area contributed by atoms with Crippen LogP contribution in [0.4, 0.5) is 0 Å². The first-order chi connectivity index (χ1) is 16.8. The van der Waals surface area contributed by atoms with Crippen molar-refractivity contribution < 1.29 is 17.7 Å². The summed E-state index contributed by atoms with van der Waals surface area (Å²) in [7, 11) is -3.64. The van der Waals surface area contributed by atoms with Gasteiger partial charge in [0, 0.05) is 37.3 Å². The van der Waals surface area contributed by atoms with Gasteiger partial charge in [0.2, 0.25) is 17.6 Å². The number of hydrogen-bond donors (Lipinski definition) is 1. The van der Waals surface area contributed by atoms with Crippen molar-refractivity contribution in [2.75, 3.05) is 26.2 Å². The largest absolute Gasteiger partial charge is 0.338 e. The minimum Gasteiger partial charge on any atom is -0.338 e. The Morgan fingerprint density at radius 2 is 1.83 bits per heavy atom. The van der Waals surface area contributed by atoms with Gasteiger partial charge in [-0.3, -0.25) is 19.4 Å². The van der Waals surface area contributed by atoms with Gasteiger partial charge in [-0.15, -0.1) is 0 Å². The molecular formula is C24H26N6O4S. The average molecular weight is 495 g/mol. The van der Waals surface area contributed by atoms with Crippen molar-refractivity contribution in [3.05, 3.63) is 65.5 Å². The van der Waals surface area contributed by atoms with Gasteiger partial charge in [-0.25, -0.2) is 8.42 Å². The van der Waals surface area contributed by atoms with Gasteiger partial charge in [-0.1, -0.05) is 47.1 Å². The Morgan fingerprint density at radius 1 is 1.11 bits per heavy atom. The summed E-state index contributed by atoms with van der Waals surface area (Å²) >= 11 is 0. The van der Waals surface area contributed by atoms with Crippen LogP contribution in [0.5, 0.6) is 0 Å². The van der Waals surface area contributed by atoms with Crippen molar-refractivity contribution in [1.82, 2.24) is 24.7 Å². The zero-order chi connectivity index (χ0) is 24.6. The summed E-state index contributed by atoms with van der Waals surface area (Å²) in [6.07, 6.45) is 0. The molecule has 10 nitrogen and oxygen atoms in total. The second kappa shape index (κ2) is 9.23. The third-order valence-corrected chi connectivity index (χ3v) is 7.56. The van der Waals surface area contributed by atoms with Crippen molar-refractivity contribution in [2.45, 2.75) is 31.3 Å². The van der Waals surface area contributed by atoms with E-state index in [-0.39, 0.29) is 16.6 Å². The van der Waals surface area contributed by atoms with E-state index in [0.717, 1.165) is 5.56 Å². The van der Waals surface area contributed by atoms with E-state index in [0.29, 0.717) is 50.0 Å². The lowest BCUT2D eigenvalue weighted by Gasteiger charge is -2.34. The zero-order valence-corrected chi connectivity index (χ0v) is 20.3. The number of hydrogen-bond acceptors (Lipinski definition) is 8. The highest BCUT2D eigenvalue weighted by atomic mass is 32.2. The van der Waals surface area contributed by atoms with Gasteiger partial charge in [-0.05, 0) is 26.0 Å². The van der Waals surface area contributed by atoms with Crippen LogP contribution in [-0.2, 0) is 21.4 Å². The summed E-state index contributed by atoms with van der Waals surface area (Å²) in [5.41, 5.74) is 2.56. The van der Waals surface area contributed by atoms with Crippen molar-refractivity contribution in [3.8, 4) is 11.4 Å². The number of benzene rings is 2. The minimum absolute atomic E-state index is 0.139. The van der Waals surface area contributed by atoms with E-state index in [2.05, 4.69) is 24.8 Å². The SMILES string of the molecule is Cc1ccc(-c2noc(CN3CCN(C(=O)[C@H](C)N=C4NS(=O)(=O)c5ccccc54)CC3)n2)cc1. The Labute approximate surface area is 203 Å². The summed E-state index contributed by atoms with van der Waals surface area (Å²) in [6, 6.07) is 13.9. The molecular weight excluding hydrogens is 468 g/mol. The maximum Gasteiger partial charge on any atom is 0.263 e. The van der Waals surface area contributed by atoms with Crippen molar-refractivity contribution >= 4 is 21.8 Å². The number of nitrogens with zero attached hydrogens (tertiary/aromatic N) is 5. The van der Waals surface area contributed by atoms with Crippen LogP contribution >= 0.6 is 0 Å². The molecule has 0 radical (unpaired) electrons. The van der Waals surface area contributed by atoms with Gasteiger partial charge >= 0.3 is 0 Å². The number of amidine groups is 1. The number of nitrogens with one attached hydrogen (secondary N) is 1. The Balaban J connectivity index is 1.18. The number of piperazine rings is 1.